The average molecular weight is 313 g/mol. The summed E-state index contributed by atoms with van der Waals surface area (Å²) in [6.07, 6.45) is 3.86. The molecule has 2 rings (SSSR count). The van der Waals surface area contributed by atoms with Gasteiger partial charge in [0, 0.05) is 24.0 Å². The zero-order chi connectivity index (χ0) is 14.7. The molecule has 2 atom stereocenters. The predicted octanol–water partition coefficient (Wildman–Crippen LogP) is 3.26. The van der Waals surface area contributed by atoms with E-state index in [1.165, 1.54) is 0 Å². The van der Waals surface area contributed by atoms with Gasteiger partial charge in [-0.2, -0.15) is 0 Å². The predicted molar refractivity (Wildman–Crippen MR) is 85.5 cm³/mol. The molecule has 1 aromatic rings. The van der Waals surface area contributed by atoms with Crippen LogP contribution in [0.2, 0.25) is 5.02 Å². The summed E-state index contributed by atoms with van der Waals surface area (Å²) in [5.41, 5.74) is 6.70. The van der Waals surface area contributed by atoms with Gasteiger partial charge < -0.3 is 10.6 Å². The van der Waals surface area contributed by atoms with E-state index in [4.69, 9.17) is 17.3 Å². The van der Waals surface area contributed by atoms with Gasteiger partial charge in [-0.05, 0) is 36.8 Å². The second-order valence-corrected chi connectivity index (χ2v) is 6.50. The molecule has 5 heteroatoms. The van der Waals surface area contributed by atoms with E-state index >= 15 is 0 Å². The molecule has 110 valence electrons. The van der Waals surface area contributed by atoms with Crippen molar-refractivity contribution in [2.45, 2.75) is 30.7 Å². The number of nitrogens with two attached hydrogens (primary N) is 1. The standard InChI is InChI=1S/C15H21ClN2OS/c1-3-10-9-18(7-6-14(10)17)15(19)12-8-11(20-2)4-5-13(12)16/h4-5,8,10,14H,3,6-7,9,17H2,1-2H3. The molecule has 20 heavy (non-hydrogen) atoms. The van der Waals surface area contributed by atoms with Crippen LogP contribution >= 0.6 is 23.4 Å². The number of amides is 1. The van der Waals surface area contributed by atoms with Gasteiger partial charge in [-0.15, -0.1) is 11.8 Å². The molecule has 0 aliphatic carbocycles. The summed E-state index contributed by atoms with van der Waals surface area (Å²) in [6.45, 7) is 3.58. The highest BCUT2D eigenvalue weighted by Crippen LogP contribution is 2.26. The van der Waals surface area contributed by atoms with Gasteiger partial charge in [0.25, 0.3) is 5.91 Å². The number of rotatable bonds is 3. The third-order valence-corrected chi connectivity index (χ3v) is 5.06. The Balaban J connectivity index is 2.19. The maximum absolute atomic E-state index is 12.6. The lowest BCUT2D eigenvalue weighted by molar-refractivity contribution is 0.0649. The van der Waals surface area contributed by atoms with Crippen molar-refractivity contribution >= 4 is 29.3 Å². The van der Waals surface area contributed by atoms with Crippen molar-refractivity contribution in [2.75, 3.05) is 19.3 Å². The van der Waals surface area contributed by atoms with E-state index < -0.39 is 0 Å². The Hall–Kier alpha value is -0.710. The molecule has 0 radical (unpaired) electrons. The van der Waals surface area contributed by atoms with Crippen LogP contribution in [0, 0.1) is 5.92 Å². The van der Waals surface area contributed by atoms with Crippen LogP contribution in [0.4, 0.5) is 0 Å². The summed E-state index contributed by atoms with van der Waals surface area (Å²) in [5, 5.41) is 0.524. The molecule has 0 saturated carbocycles. The first-order valence-electron chi connectivity index (χ1n) is 6.95. The van der Waals surface area contributed by atoms with E-state index in [0.717, 1.165) is 30.8 Å². The van der Waals surface area contributed by atoms with Crippen molar-refractivity contribution in [2.24, 2.45) is 11.7 Å². The normalized spacial score (nSPS) is 22.9. The Bertz CT molecular complexity index is 495. The molecule has 1 saturated heterocycles. The molecular weight excluding hydrogens is 292 g/mol. The zero-order valence-corrected chi connectivity index (χ0v) is 13.5. The number of nitrogens with zero attached hydrogens (tertiary/aromatic N) is 1. The molecule has 0 bridgehead atoms. The fraction of sp³-hybridized carbons (Fsp3) is 0.533. The summed E-state index contributed by atoms with van der Waals surface area (Å²) in [7, 11) is 0. The highest BCUT2D eigenvalue weighted by molar-refractivity contribution is 7.98. The summed E-state index contributed by atoms with van der Waals surface area (Å²) >= 11 is 7.80. The summed E-state index contributed by atoms with van der Waals surface area (Å²) in [6, 6.07) is 5.82. The monoisotopic (exact) mass is 312 g/mol. The molecule has 1 heterocycles. The van der Waals surface area contributed by atoms with Gasteiger partial charge in [0.1, 0.15) is 0 Å². The van der Waals surface area contributed by atoms with Gasteiger partial charge in [0.05, 0.1) is 10.6 Å². The molecule has 0 aromatic heterocycles. The minimum atomic E-state index is 0.0243. The van der Waals surface area contributed by atoms with Gasteiger partial charge in [0.2, 0.25) is 0 Å². The number of carbonyl (C=O) groups excluding carboxylic acids is 1. The van der Waals surface area contributed by atoms with Crippen LogP contribution in [-0.2, 0) is 0 Å². The van der Waals surface area contributed by atoms with E-state index in [9.17, 15) is 4.79 Å². The van der Waals surface area contributed by atoms with Gasteiger partial charge >= 0.3 is 0 Å². The van der Waals surface area contributed by atoms with E-state index in [-0.39, 0.29) is 11.9 Å². The Kier molecular flexibility index (Phi) is 5.35. The van der Waals surface area contributed by atoms with Crippen molar-refractivity contribution in [3.05, 3.63) is 28.8 Å². The van der Waals surface area contributed by atoms with E-state index in [2.05, 4.69) is 6.92 Å². The van der Waals surface area contributed by atoms with Crippen LogP contribution in [0.15, 0.2) is 23.1 Å². The number of carbonyl (C=O) groups is 1. The van der Waals surface area contributed by atoms with Crippen molar-refractivity contribution in [3.8, 4) is 0 Å². The van der Waals surface area contributed by atoms with Crippen LogP contribution in [0.3, 0.4) is 0 Å². The first-order valence-corrected chi connectivity index (χ1v) is 8.55. The Labute approximate surface area is 129 Å². The molecule has 1 aliphatic heterocycles. The molecule has 0 spiro atoms. The lowest BCUT2D eigenvalue weighted by Crippen LogP contribution is -2.49. The molecule has 1 aliphatic rings. The largest absolute Gasteiger partial charge is 0.338 e. The molecule has 2 unspecified atom stereocenters. The highest BCUT2D eigenvalue weighted by Gasteiger charge is 2.29. The number of hydrogen-bond acceptors (Lipinski definition) is 3. The van der Waals surface area contributed by atoms with Gasteiger partial charge in [-0.25, -0.2) is 0 Å². The van der Waals surface area contributed by atoms with Crippen LogP contribution in [-0.4, -0.2) is 36.2 Å². The number of halogens is 1. The van der Waals surface area contributed by atoms with Crippen molar-refractivity contribution in [1.82, 2.24) is 4.90 Å². The lowest BCUT2D eigenvalue weighted by Gasteiger charge is -2.36. The van der Waals surface area contributed by atoms with Gasteiger partial charge in [-0.3, -0.25) is 4.79 Å². The minimum Gasteiger partial charge on any atom is -0.338 e. The van der Waals surface area contributed by atoms with Crippen LogP contribution in [0.1, 0.15) is 30.1 Å². The molecule has 3 nitrogen and oxygen atoms in total. The number of piperidine rings is 1. The third-order valence-electron chi connectivity index (χ3n) is 4.01. The molecule has 1 aromatic carbocycles. The summed E-state index contributed by atoms with van der Waals surface area (Å²) in [5.74, 6) is 0.409. The first kappa shape index (κ1) is 15.7. The maximum Gasteiger partial charge on any atom is 0.255 e. The average Bonchev–Trinajstić information content (AvgIpc) is 2.47. The summed E-state index contributed by atoms with van der Waals surface area (Å²) in [4.78, 5) is 15.6. The van der Waals surface area contributed by atoms with Crippen LogP contribution in [0.5, 0.6) is 0 Å². The minimum absolute atomic E-state index is 0.0243. The summed E-state index contributed by atoms with van der Waals surface area (Å²) < 4.78 is 0. The second kappa shape index (κ2) is 6.83. The Morgan fingerprint density at radius 1 is 1.55 bits per heavy atom. The smallest absolute Gasteiger partial charge is 0.255 e. The van der Waals surface area contributed by atoms with Crippen LogP contribution in [0.25, 0.3) is 0 Å². The fourth-order valence-electron chi connectivity index (χ4n) is 2.63. The van der Waals surface area contributed by atoms with Crippen molar-refractivity contribution < 1.29 is 4.79 Å². The molecule has 1 amide bonds. The number of benzene rings is 1. The highest BCUT2D eigenvalue weighted by atomic mass is 35.5. The molecule has 1 fully saturated rings. The van der Waals surface area contributed by atoms with Gasteiger partial charge in [0.15, 0.2) is 0 Å². The van der Waals surface area contributed by atoms with E-state index in [1.54, 1.807) is 17.8 Å². The SMILES string of the molecule is CCC1CN(C(=O)c2cc(SC)ccc2Cl)CCC1N. The second-order valence-electron chi connectivity index (χ2n) is 5.22. The lowest BCUT2D eigenvalue weighted by atomic mass is 9.90. The van der Waals surface area contributed by atoms with Crippen LogP contribution < -0.4 is 5.73 Å². The number of likely N-dealkylation sites (tertiary alicyclic amines) is 1. The van der Waals surface area contributed by atoms with Gasteiger partial charge in [-0.1, -0.05) is 24.9 Å². The molecular formula is C15H21ClN2OS. The topological polar surface area (TPSA) is 46.3 Å². The first-order chi connectivity index (χ1) is 9.56. The zero-order valence-electron chi connectivity index (χ0n) is 11.9. The number of hydrogen-bond donors (Lipinski definition) is 1. The maximum atomic E-state index is 12.6. The van der Waals surface area contributed by atoms with E-state index in [0.29, 0.717) is 16.5 Å². The third kappa shape index (κ3) is 3.30. The van der Waals surface area contributed by atoms with E-state index in [1.807, 2.05) is 23.3 Å². The fourth-order valence-corrected chi connectivity index (χ4v) is 3.27. The number of thioether (sulfide) groups is 1. The Morgan fingerprint density at radius 3 is 2.95 bits per heavy atom. The molecule has 2 N–H and O–H groups in total. The Morgan fingerprint density at radius 2 is 2.30 bits per heavy atom. The van der Waals surface area contributed by atoms with Crippen molar-refractivity contribution in [1.29, 1.82) is 0 Å². The van der Waals surface area contributed by atoms with Crippen molar-refractivity contribution in [3.63, 3.8) is 0 Å². The quantitative estimate of drug-likeness (QED) is 0.871.